The van der Waals surface area contributed by atoms with E-state index in [0.717, 1.165) is 0 Å². The van der Waals surface area contributed by atoms with Gasteiger partial charge in [0.25, 0.3) is 0 Å². The zero-order valence-corrected chi connectivity index (χ0v) is 8.52. The van der Waals surface area contributed by atoms with Gasteiger partial charge in [0.2, 0.25) is 5.91 Å². The minimum atomic E-state index is -0.742. The van der Waals surface area contributed by atoms with Crippen molar-refractivity contribution < 1.29 is 9.59 Å². The van der Waals surface area contributed by atoms with Gasteiger partial charge in [-0.05, 0) is 19.8 Å². The van der Waals surface area contributed by atoms with Crippen molar-refractivity contribution in [2.45, 2.75) is 39.2 Å². The predicted octanol–water partition coefficient (Wildman–Crippen LogP) is 1.44. The van der Waals surface area contributed by atoms with Crippen LogP contribution in [-0.2, 0) is 9.59 Å². The van der Waals surface area contributed by atoms with Gasteiger partial charge in [0.15, 0.2) is 5.78 Å². The van der Waals surface area contributed by atoms with Crippen LogP contribution >= 0.6 is 0 Å². The number of carbonyl (C=O) groups is 2. The van der Waals surface area contributed by atoms with Crippen LogP contribution in [0.4, 0.5) is 0 Å². The first-order valence-electron chi connectivity index (χ1n) is 4.39. The summed E-state index contributed by atoms with van der Waals surface area (Å²) < 4.78 is 0. The standard InChI is InChI=1S/C10H17NO2/c1-5-7-10(6-2,8(3)12)11-9(4)13/h5H,1,6-7H2,2-4H3,(H,11,13). The van der Waals surface area contributed by atoms with E-state index in [2.05, 4.69) is 11.9 Å². The van der Waals surface area contributed by atoms with E-state index < -0.39 is 5.54 Å². The number of carbonyl (C=O) groups excluding carboxylic acids is 2. The molecule has 0 aromatic carbocycles. The Morgan fingerprint density at radius 2 is 2.00 bits per heavy atom. The number of Topliss-reactive ketones (excluding diaryl/α,β-unsaturated/α-hetero) is 1. The zero-order valence-electron chi connectivity index (χ0n) is 8.52. The maximum absolute atomic E-state index is 11.4. The molecule has 0 aromatic rings. The molecule has 0 rings (SSSR count). The number of hydrogen-bond acceptors (Lipinski definition) is 2. The van der Waals surface area contributed by atoms with Crippen LogP contribution in [0.5, 0.6) is 0 Å². The highest BCUT2D eigenvalue weighted by Crippen LogP contribution is 2.17. The lowest BCUT2D eigenvalue weighted by atomic mass is 9.88. The summed E-state index contributed by atoms with van der Waals surface area (Å²) in [5.74, 6) is -0.205. The van der Waals surface area contributed by atoms with E-state index in [0.29, 0.717) is 12.8 Å². The van der Waals surface area contributed by atoms with Crippen LogP contribution < -0.4 is 5.32 Å². The second-order valence-electron chi connectivity index (χ2n) is 3.17. The molecule has 3 heteroatoms. The highest BCUT2D eigenvalue weighted by atomic mass is 16.2. The summed E-state index contributed by atoms with van der Waals surface area (Å²) in [7, 11) is 0. The van der Waals surface area contributed by atoms with E-state index in [1.54, 1.807) is 6.08 Å². The molecule has 0 fully saturated rings. The molecule has 1 atom stereocenters. The topological polar surface area (TPSA) is 46.2 Å². The fourth-order valence-electron chi connectivity index (χ4n) is 1.35. The van der Waals surface area contributed by atoms with Gasteiger partial charge in [-0.25, -0.2) is 0 Å². The van der Waals surface area contributed by atoms with E-state index in [-0.39, 0.29) is 11.7 Å². The Labute approximate surface area is 79.2 Å². The van der Waals surface area contributed by atoms with Crippen molar-refractivity contribution >= 4 is 11.7 Å². The van der Waals surface area contributed by atoms with E-state index >= 15 is 0 Å². The van der Waals surface area contributed by atoms with Gasteiger partial charge < -0.3 is 5.32 Å². The molecular formula is C10H17NO2. The van der Waals surface area contributed by atoms with Crippen molar-refractivity contribution in [1.82, 2.24) is 5.32 Å². The average Bonchev–Trinajstić information content (AvgIpc) is 2.02. The van der Waals surface area contributed by atoms with E-state index in [1.165, 1.54) is 13.8 Å². The maximum Gasteiger partial charge on any atom is 0.217 e. The summed E-state index contributed by atoms with van der Waals surface area (Å²) in [5, 5.41) is 2.68. The molecule has 0 saturated heterocycles. The minimum Gasteiger partial charge on any atom is -0.344 e. The molecule has 1 amide bonds. The first kappa shape index (κ1) is 11.9. The van der Waals surface area contributed by atoms with Gasteiger partial charge >= 0.3 is 0 Å². The molecular weight excluding hydrogens is 166 g/mol. The molecule has 13 heavy (non-hydrogen) atoms. The molecule has 0 spiro atoms. The Balaban J connectivity index is 4.73. The number of nitrogens with one attached hydrogen (secondary N) is 1. The fraction of sp³-hybridized carbons (Fsp3) is 0.600. The van der Waals surface area contributed by atoms with Crippen molar-refractivity contribution in [3.63, 3.8) is 0 Å². The molecule has 0 aliphatic heterocycles. The summed E-state index contributed by atoms with van der Waals surface area (Å²) >= 11 is 0. The number of amides is 1. The van der Waals surface area contributed by atoms with Crippen molar-refractivity contribution in [2.24, 2.45) is 0 Å². The van der Waals surface area contributed by atoms with Gasteiger partial charge in [0.1, 0.15) is 5.54 Å². The maximum atomic E-state index is 11.4. The Hall–Kier alpha value is -1.12. The molecule has 0 aliphatic rings. The molecule has 1 unspecified atom stereocenters. The predicted molar refractivity (Wildman–Crippen MR) is 52.3 cm³/mol. The van der Waals surface area contributed by atoms with E-state index in [9.17, 15) is 9.59 Å². The molecule has 0 radical (unpaired) electrons. The van der Waals surface area contributed by atoms with Crippen LogP contribution in [0, 0.1) is 0 Å². The summed E-state index contributed by atoms with van der Waals surface area (Å²) in [6.07, 6.45) is 2.73. The monoisotopic (exact) mass is 183 g/mol. The Bertz CT molecular complexity index is 223. The van der Waals surface area contributed by atoms with Crippen LogP contribution in [-0.4, -0.2) is 17.2 Å². The van der Waals surface area contributed by atoms with Crippen molar-refractivity contribution in [3.05, 3.63) is 12.7 Å². The second kappa shape index (κ2) is 4.80. The van der Waals surface area contributed by atoms with Gasteiger partial charge in [-0.15, -0.1) is 6.58 Å². The lowest BCUT2D eigenvalue weighted by Crippen LogP contribution is -2.52. The van der Waals surface area contributed by atoms with Crippen molar-refractivity contribution in [1.29, 1.82) is 0 Å². The average molecular weight is 183 g/mol. The van der Waals surface area contributed by atoms with Crippen LogP contribution in [0.2, 0.25) is 0 Å². The van der Waals surface area contributed by atoms with Gasteiger partial charge in [0.05, 0.1) is 0 Å². The summed E-state index contributed by atoms with van der Waals surface area (Å²) in [6, 6.07) is 0. The van der Waals surface area contributed by atoms with E-state index in [4.69, 9.17) is 0 Å². The molecule has 0 saturated carbocycles. The lowest BCUT2D eigenvalue weighted by molar-refractivity contribution is -0.130. The van der Waals surface area contributed by atoms with Crippen LogP contribution in [0.3, 0.4) is 0 Å². The van der Waals surface area contributed by atoms with Gasteiger partial charge in [-0.2, -0.15) is 0 Å². The van der Waals surface area contributed by atoms with Crippen LogP contribution in [0.25, 0.3) is 0 Å². The third-order valence-corrected chi connectivity index (χ3v) is 2.19. The Kier molecular flexibility index (Phi) is 4.38. The fourth-order valence-corrected chi connectivity index (χ4v) is 1.35. The van der Waals surface area contributed by atoms with Crippen LogP contribution in [0.1, 0.15) is 33.6 Å². The van der Waals surface area contributed by atoms with Crippen LogP contribution in [0.15, 0.2) is 12.7 Å². The van der Waals surface area contributed by atoms with Crippen molar-refractivity contribution in [3.8, 4) is 0 Å². The zero-order chi connectivity index (χ0) is 10.5. The number of rotatable bonds is 5. The number of hydrogen-bond donors (Lipinski definition) is 1. The number of ketones is 1. The smallest absolute Gasteiger partial charge is 0.217 e. The second-order valence-corrected chi connectivity index (χ2v) is 3.17. The Morgan fingerprint density at radius 1 is 1.46 bits per heavy atom. The molecule has 3 nitrogen and oxygen atoms in total. The molecule has 74 valence electrons. The SMILES string of the molecule is C=CCC(CC)(NC(C)=O)C(C)=O. The lowest BCUT2D eigenvalue weighted by Gasteiger charge is -2.29. The molecule has 0 heterocycles. The molecule has 0 bridgehead atoms. The normalized spacial score (nSPS) is 14.4. The Morgan fingerprint density at radius 3 is 2.23 bits per heavy atom. The van der Waals surface area contributed by atoms with Crippen molar-refractivity contribution in [2.75, 3.05) is 0 Å². The quantitative estimate of drug-likeness (QED) is 0.655. The minimum absolute atomic E-state index is 0.0231. The largest absolute Gasteiger partial charge is 0.344 e. The van der Waals surface area contributed by atoms with Gasteiger partial charge in [-0.1, -0.05) is 13.0 Å². The van der Waals surface area contributed by atoms with Gasteiger partial charge in [-0.3, -0.25) is 9.59 Å². The summed E-state index contributed by atoms with van der Waals surface area (Å²) in [5.41, 5.74) is -0.742. The van der Waals surface area contributed by atoms with Gasteiger partial charge in [0, 0.05) is 6.92 Å². The summed E-state index contributed by atoms with van der Waals surface area (Å²) in [6.45, 7) is 8.36. The van der Waals surface area contributed by atoms with E-state index in [1.807, 2.05) is 6.92 Å². The molecule has 0 aliphatic carbocycles. The first-order chi connectivity index (χ1) is 5.98. The molecule has 0 aromatic heterocycles. The highest BCUT2D eigenvalue weighted by molar-refractivity contribution is 5.90. The highest BCUT2D eigenvalue weighted by Gasteiger charge is 2.32. The first-order valence-corrected chi connectivity index (χ1v) is 4.39. The third-order valence-electron chi connectivity index (χ3n) is 2.19. The summed E-state index contributed by atoms with van der Waals surface area (Å²) in [4.78, 5) is 22.3. The third kappa shape index (κ3) is 3.01. The molecule has 1 N–H and O–H groups in total.